The van der Waals surface area contributed by atoms with E-state index in [1.807, 2.05) is 35.2 Å². The number of nitrogens with one attached hydrogen (secondary N) is 2. The molecule has 2 aliphatic heterocycles. The van der Waals surface area contributed by atoms with Crippen molar-refractivity contribution < 1.29 is 27.4 Å². The Morgan fingerprint density at radius 1 is 0.930 bits per heavy atom. The third kappa shape index (κ3) is 8.77. The van der Waals surface area contributed by atoms with Gasteiger partial charge < -0.3 is 24.4 Å². The number of benzene rings is 3. The maximum atomic E-state index is 13.4. The predicted molar refractivity (Wildman–Crippen MR) is 168 cm³/mol. The molecule has 0 atom stereocenters. The zero-order chi connectivity index (χ0) is 30.2. The van der Waals surface area contributed by atoms with Gasteiger partial charge in [0.2, 0.25) is 10.0 Å². The summed E-state index contributed by atoms with van der Waals surface area (Å²) >= 11 is 0. The van der Waals surface area contributed by atoms with Crippen molar-refractivity contribution in [2.45, 2.75) is 45.2 Å². The molecular weight excluding hydrogens is 568 g/mol. The molecule has 1 fully saturated rings. The molecule has 5 rings (SSSR count). The highest BCUT2D eigenvalue weighted by Gasteiger charge is 2.28. The molecule has 2 heterocycles. The number of hydrogen-bond acceptors (Lipinski definition) is 7. The van der Waals surface area contributed by atoms with Crippen molar-refractivity contribution in [3.63, 3.8) is 0 Å². The monoisotopic (exact) mass is 608 g/mol. The summed E-state index contributed by atoms with van der Waals surface area (Å²) in [6, 6.07) is 20.5. The average Bonchev–Trinajstić information content (AvgIpc) is 2.99. The van der Waals surface area contributed by atoms with Crippen LogP contribution >= 0.6 is 0 Å². The van der Waals surface area contributed by atoms with Crippen molar-refractivity contribution >= 4 is 27.4 Å². The number of nitrogens with zero attached hydrogens (tertiary/aromatic N) is 2. The summed E-state index contributed by atoms with van der Waals surface area (Å²) in [7, 11) is -3.32. The number of hydrogen-bond donors (Lipinski definition) is 2. The zero-order valence-electron chi connectivity index (χ0n) is 24.8. The molecule has 230 valence electrons. The van der Waals surface area contributed by atoms with Crippen LogP contribution in [0.1, 0.15) is 38.2 Å². The number of amides is 2. The van der Waals surface area contributed by atoms with E-state index in [1.54, 1.807) is 24.3 Å². The normalized spacial score (nSPS) is 15.5. The summed E-state index contributed by atoms with van der Waals surface area (Å²) in [5.41, 5.74) is 2.39. The Balaban J connectivity index is 1.12. The molecule has 2 amide bonds. The quantitative estimate of drug-likeness (QED) is 0.278. The van der Waals surface area contributed by atoms with Crippen LogP contribution in [0.25, 0.3) is 0 Å². The number of sulfonamides is 1. The van der Waals surface area contributed by atoms with Gasteiger partial charge in [0.15, 0.2) is 11.5 Å². The van der Waals surface area contributed by atoms with Crippen molar-refractivity contribution in [1.29, 1.82) is 0 Å². The van der Waals surface area contributed by atoms with Gasteiger partial charge in [-0.05, 0) is 73.4 Å². The smallest absolute Gasteiger partial charge is 0.322 e. The number of piperidine rings is 1. The Morgan fingerprint density at radius 3 is 2.21 bits per heavy atom. The number of carbonyl (C=O) groups excluding carboxylic acids is 1. The second-order valence-corrected chi connectivity index (χ2v) is 12.7. The summed E-state index contributed by atoms with van der Waals surface area (Å²) in [5, 5.41) is 3.08. The molecule has 43 heavy (non-hydrogen) atoms. The van der Waals surface area contributed by atoms with E-state index >= 15 is 0 Å². The number of likely N-dealkylation sites (tertiary alicyclic amines) is 1. The number of fused-ring (bicyclic) bond motifs is 1. The van der Waals surface area contributed by atoms with Crippen molar-refractivity contribution in [1.82, 2.24) is 9.80 Å². The molecule has 10 nitrogen and oxygen atoms in total. The fraction of sp³-hybridized carbons (Fsp3) is 0.406. The van der Waals surface area contributed by atoms with Crippen LogP contribution in [0.4, 0.5) is 16.2 Å². The van der Waals surface area contributed by atoms with Crippen molar-refractivity contribution in [3.05, 3.63) is 72.3 Å². The highest BCUT2D eigenvalue weighted by Crippen LogP contribution is 2.33. The van der Waals surface area contributed by atoms with Crippen molar-refractivity contribution in [2.24, 2.45) is 0 Å². The molecule has 0 saturated carbocycles. The first kappa shape index (κ1) is 30.5. The van der Waals surface area contributed by atoms with E-state index in [0.717, 1.165) is 58.1 Å². The Kier molecular flexibility index (Phi) is 9.93. The minimum Gasteiger partial charge on any atom is -0.486 e. The molecule has 3 aromatic rings. The first-order valence-electron chi connectivity index (χ1n) is 14.8. The van der Waals surface area contributed by atoms with Gasteiger partial charge in [-0.15, -0.1) is 0 Å². The topological polar surface area (TPSA) is 109 Å². The van der Waals surface area contributed by atoms with Crippen LogP contribution in [0.2, 0.25) is 0 Å². The lowest BCUT2D eigenvalue weighted by Crippen LogP contribution is -2.49. The highest BCUT2D eigenvalue weighted by molar-refractivity contribution is 7.92. The summed E-state index contributed by atoms with van der Waals surface area (Å²) in [6.07, 6.45) is 4.95. The van der Waals surface area contributed by atoms with E-state index in [0.29, 0.717) is 47.6 Å². The Bertz CT molecular complexity index is 1470. The van der Waals surface area contributed by atoms with Gasteiger partial charge >= 0.3 is 6.03 Å². The predicted octanol–water partition coefficient (Wildman–Crippen LogP) is 5.92. The number of carbonyl (C=O) groups is 1. The van der Waals surface area contributed by atoms with Gasteiger partial charge in [-0.25, -0.2) is 13.2 Å². The van der Waals surface area contributed by atoms with Crippen LogP contribution < -0.4 is 24.2 Å². The van der Waals surface area contributed by atoms with Gasteiger partial charge in [0.1, 0.15) is 24.7 Å². The molecule has 2 aliphatic rings. The van der Waals surface area contributed by atoms with Gasteiger partial charge in [0.05, 0.1) is 6.26 Å². The van der Waals surface area contributed by atoms with E-state index in [-0.39, 0.29) is 12.1 Å². The molecule has 0 radical (unpaired) electrons. The molecule has 0 unspecified atom stereocenters. The van der Waals surface area contributed by atoms with E-state index in [1.165, 1.54) is 5.56 Å². The molecule has 2 N–H and O–H groups in total. The lowest BCUT2D eigenvalue weighted by atomic mass is 10.0. The summed E-state index contributed by atoms with van der Waals surface area (Å²) in [6.45, 7) is 6.57. The summed E-state index contributed by atoms with van der Waals surface area (Å²) in [5.74, 6) is 2.70. The largest absolute Gasteiger partial charge is 0.486 e. The molecule has 1 saturated heterocycles. The number of rotatable bonds is 11. The standard InChI is InChI=1S/C32H40N4O6S/c1-3-4-17-36(32(37)33-26-9-14-30-31(22-26)41-21-20-40-30)27-15-18-35(19-16-27)23-24-5-10-28(11-6-24)42-29-12-7-25(8-13-29)34-43(2,38)39/h5-14,22,27,34H,3-4,15-21,23H2,1-2H3,(H,33,37). The highest BCUT2D eigenvalue weighted by atomic mass is 32.2. The van der Waals surface area contributed by atoms with Gasteiger partial charge in [0.25, 0.3) is 0 Å². The SMILES string of the molecule is CCCCN(C(=O)Nc1ccc2c(c1)OCCO2)C1CCN(Cc2ccc(Oc3ccc(NS(C)(=O)=O)cc3)cc2)CC1. The van der Waals surface area contributed by atoms with E-state index < -0.39 is 10.0 Å². The molecule has 0 aromatic heterocycles. The minimum absolute atomic E-state index is 0.0690. The molecule has 0 aliphatic carbocycles. The van der Waals surface area contributed by atoms with Crippen molar-refractivity contribution in [3.8, 4) is 23.0 Å². The van der Waals surface area contributed by atoms with E-state index in [2.05, 4.69) is 34.0 Å². The first-order chi connectivity index (χ1) is 20.8. The van der Waals surface area contributed by atoms with Crippen molar-refractivity contribution in [2.75, 3.05) is 49.1 Å². The summed E-state index contributed by atoms with van der Waals surface area (Å²) < 4.78 is 42.4. The molecule has 0 bridgehead atoms. The van der Waals surface area contributed by atoms with Crippen LogP contribution in [-0.2, 0) is 16.6 Å². The van der Waals surface area contributed by atoms with Gasteiger partial charge in [-0.3, -0.25) is 9.62 Å². The van der Waals surface area contributed by atoms with Crippen LogP contribution in [0.3, 0.4) is 0 Å². The van der Waals surface area contributed by atoms with E-state index in [4.69, 9.17) is 14.2 Å². The fourth-order valence-corrected chi connectivity index (χ4v) is 5.91. The lowest BCUT2D eigenvalue weighted by Gasteiger charge is -2.38. The van der Waals surface area contributed by atoms with Gasteiger partial charge in [-0.2, -0.15) is 0 Å². The van der Waals surface area contributed by atoms with Crippen LogP contribution in [0.15, 0.2) is 66.7 Å². The number of ether oxygens (including phenoxy) is 3. The van der Waals surface area contributed by atoms with Crippen LogP contribution in [0, 0.1) is 0 Å². The third-order valence-corrected chi connectivity index (χ3v) is 8.13. The molecule has 11 heteroatoms. The average molecular weight is 609 g/mol. The number of urea groups is 1. The lowest BCUT2D eigenvalue weighted by molar-refractivity contribution is 0.122. The zero-order valence-corrected chi connectivity index (χ0v) is 25.6. The fourth-order valence-electron chi connectivity index (χ4n) is 5.35. The Morgan fingerprint density at radius 2 is 1.56 bits per heavy atom. The maximum Gasteiger partial charge on any atom is 0.322 e. The maximum absolute atomic E-state index is 13.4. The van der Waals surface area contributed by atoms with E-state index in [9.17, 15) is 13.2 Å². The Labute approximate surface area is 254 Å². The molecule has 3 aromatic carbocycles. The second-order valence-electron chi connectivity index (χ2n) is 11.0. The molecular formula is C32H40N4O6S. The summed E-state index contributed by atoms with van der Waals surface area (Å²) in [4.78, 5) is 17.8. The first-order valence-corrected chi connectivity index (χ1v) is 16.7. The van der Waals surface area contributed by atoms with Gasteiger partial charge in [0, 0.05) is 49.7 Å². The Hall–Kier alpha value is -3.96. The van der Waals surface area contributed by atoms with Crippen LogP contribution in [-0.4, -0.2) is 69.4 Å². The number of anilines is 2. The van der Waals surface area contributed by atoms with Crippen LogP contribution in [0.5, 0.6) is 23.0 Å². The minimum atomic E-state index is -3.32. The second kappa shape index (κ2) is 14.0. The van der Waals surface area contributed by atoms with Gasteiger partial charge in [-0.1, -0.05) is 25.5 Å². The number of unbranched alkanes of at least 4 members (excludes halogenated alkanes) is 1. The third-order valence-electron chi connectivity index (χ3n) is 7.53. The molecule has 0 spiro atoms.